The van der Waals surface area contributed by atoms with E-state index in [2.05, 4.69) is 24.3 Å². The van der Waals surface area contributed by atoms with Crippen LogP contribution in [0.25, 0.3) is 0 Å². The van der Waals surface area contributed by atoms with Gasteiger partial charge in [0.15, 0.2) is 11.6 Å². The van der Waals surface area contributed by atoms with Gasteiger partial charge in [-0.3, -0.25) is 9.59 Å². The first kappa shape index (κ1) is 22.2. The lowest BCUT2D eigenvalue weighted by atomic mass is 9.82. The fourth-order valence-electron chi connectivity index (χ4n) is 2.05. The smallest absolute Gasteiger partial charge is 0.195 e. The molecule has 0 aromatic rings. The first-order valence-electron chi connectivity index (χ1n) is 7.17. The highest BCUT2D eigenvalue weighted by molar-refractivity contribution is 6.08. The molecule has 128 valence electrons. The highest BCUT2D eigenvalue weighted by atomic mass is 16.1. The lowest BCUT2D eigenvalue weighted by molar-refractivity contribution is -0.112. The average Bonchev–Trinajstić information content (AvgIpc) is 2.65. The van der Waals surface area contributed by atoms with Gasteiger partial charge in [0.2, 0.25) is 0 Å². The van der Waals surface area contributed by atoms with Gasteiger partial charge >= 0.3 is 0 Å². The minimum Gasteiger partial charge on any atom is -0.290 e. The molecule has 0 spiro atoms. The Morgan fingerprint density at radius 1 is 1.04 bits per heavy atom. The van der Waals surface area contributed by atoms with E-state index < -0.39 is 10.8 Å². The van der Waals surface area contributed by atoms with Crippen LogP contribution in [-0.2, 0) is 9.59 Å². The largest absolute Gasteiger partial charge is 0.290 e. The van der Waals surface area contributed by atoms with Crippen LogP contribution in [0.2, 0.25) is 0 Å². The summed E-state index contributed by atoms with van der Waals surface area (Å²) in [5.74, 6) is 7.06. The van der Waals surface area contributed by atoms with Crippen molar-refractivity contribution < 1.29 is 9.59 Å². The van der Waals surface area contributed by atoms with Gasteiger partial charge in [-0.15, -0.1) is 25.8 Å². The van der Waals surface area contributed by atoms with Crippen molar-refractivity contribution in [2.45, 2.75) is 14.4 Å². The molecule has 0 amide bonds. The van der Waals surface area contributed by atoms with E-state index in [1.807, 2.05) is 0 Å². The summed E-state index contributed by atoms with van der Waals surface area (Å²) >= 11 is 0. The molecule has 0 heterocycles. The van der Waals surface area contributed by atoms with Crippen molar-refractivity contribution in [2.75, 3.05) is 0 Å². The average molecular weight is 341 g/mol. The number of carbonyl (C=O) groups excluding carboxylic acids is 2. The molecule has 2 aliphatic carbocycles. The normalized spacial score (nSPS) is 21.7. The molecule has 2 aliphatic rings. The van der Waals surface area contributed by atoms with Crippen LogP contribution in [0.3, 0.4) is 0 Å². The molecule has 0 bridgehead atoms. The summed E-state index contributed by atoms with van der Waals surface area (Å²) in [6.45, 7) is 5.27. The monoisotopic (exact) mass is 341 g/mol. The predicted octanol–water partition coefficient (Wildman–Crippen LogP) is 3.34. The van der Waals surface area contributed by atoms with E-state index in [4.69, 9.17) is 24.5 Å². The molecular weight excluding hydrogens is 322 g/mol. The first-order valence-corrected chi connectivity index (χ1v) is 7.17. The molecule has 3 heteroatoms. The minimum absolute atomic E-state index is 0. The zero-order valence-corrected chi connectivity index (χ0v) is 13.7. The van der Waals surface area contributed by atoms with Gasteiger partial charge in [-0.05, 0) is 42.9 Å². The Balaban J connectivity index is 0.000000464. The van der Waals surface area contributed by atoms with Gasteiger partial charge in [0.1, 0.15) is 11.5 Å². The maximum absolute atomic E-state index is 11.1. The lowest BCUT2D eigenvalue weighted by Crippen LogP contribution is -2.16. The van der Waals surface area contributed by atoms with Gasteiger partial charge in [0.25, 0.3) is 0 Å². The zero-order chi connectivity index (χ0) is 19.1. The molecule has 0 aliphatic heterocycles. The number of hydrogen-bond donors (Lipinski definition) is 0. The van der Waals surface area contributed by atoms with Crippen LogP contribution in [0.15, 0.2) is 60.3 Å². The molecule has 2 rings (SSSR count). The second-order valence-electron chi connectivity index (χ2n) is 5.33. The lowest BCUT2D eigenvalue weighted by Gasteiger charge is -2.18. The number of rotatable bonds is 1. The Morgan fingerprint density at radius 3 is 2.04 bits per heavy atom. The van der Waals surface area contributed by atoms with E-state index in [-0.39, 0.29) is 24.6 Å². The number of allylic oxidation sites excluding steroid dienone is 9. The molecule has 0 N–H and O–H groups in total. The fourth-order valence-corrected chi connectivity index (χ4v) is 2.05. The third-order valence-electron chi connectivity index (χ3n) is 3.68. The topological polar surface area (TPSA) is 57.9 Å². The van der Waals surface area contributed by atoms with E-state index in [9.17, 15) is 9.59 Å². The molecule has 0 aromatic heterocycles. The van der Waals surface area contributed by atoms with Crippen LogP contribution in [0.1, 0.15) is 14.4 Å². The van der Waals surface area contributed by atoms with Crippen LogP contribution in [-0.4, -0.2) is 11.6 Å². The molecule has 1 atom stereocenters. The van der Waals surface area contributed by atoms with Gasteiger partial charge in [-0.2, -0.15) is 5.26 Å². The third-order valence-corrected chi connectivity index (χ3v) is 3.68. The minimum atomic E-state index is -0.794. The molecular formula is C23H19NO2. The summed E-state index contributed by atoms with van der Waals surface area (Å²) < 4.78 is 0. The molecule has 26 heavy (non-hydrogen) atoms. The number of hydrogen-bond acceptors (Lipinski definition) is 3. The van der Waals surface area contributed by atoms with Gasteiger partial charge in [-0.25, -0.2) is 0 Å². The zero-order valence-electron chi connectivity index (χ0n) is 13.7. The van der Waals surface area contributed by atoms with Crippen molar-refractivity contribution in [2.24, 2.45) is 10.8 Å². The van der Waals surface area contributed by atoms with Gasteiger partial charge in [-0.1, -0.05) is 37.3 Å². The summed E-state index contributed by atoms with van der Waals surface area (Å²) in [5, 5.41) is 8.61. The van der Waals surface area contributed by atoms with E-state index in [0.717, 1.165) is 0 Å². The molecule has 0 radical (unpaired) electrons. The van der Waals surface area contributed by atoms with Crippen molar-refractivity contribution in [3.63, 3.8) is 0 Å². The number of ketones is 2. The number of nitrogens with zero attached hydrogens (tertiary/aromatic N) is 1. The Kier molecular flexibility index (Phi) is 7.60. The quantitative estimate of drug-likeness (QED) is 0.543. The fraction of sp³-hybridized carbons (Fsp3) is 0.174. The standard InChI is InChI=1S/C11H7NO.C11H8O.CH4/c1-3-11(4-2)6-5-10(13)9(7-11)8-12;1-4-11(5-2)7-6-10(12)9(3)8-11;/h1,4-7H,2H2;1-2,6-8H,3H3;1H4. The third kappa shape index (κ3) is 4.61. The van der Waals surface area contributed by atoms with Crippen molar-refractivity contribution in [1.82, 2.24) is 0 Å². The summed E-state index contributed by atoms with van der Waals surface area (Å²) in [5.41, 5.74) is -0.898. The van der Waals surface area contributed by atoms with Crippen molar-refractivity contribution in [3.05, 3.63) is 60.3 Å². The van der Waals surface area contributed by atoms with Gasteiger partial charge in [0.05, 0.1) is 11.0 Å². The Bertz CT molecular complexity index is 897. The molecule has 1 unspecified atom stereocenters. The highest BCUT2D eigenvalue weighted by Gasteiger charge is 2.25. The second kappa shape index (κ2) is 8.89. The van der Waals surface area contributed by atoms with Crippen LogP contribution >= 0.6 is 0 Å². The summed E-state index contributed by atoms with van der Waals surface area (Å²) in [6.07, 6.45) is 26.3. The van der Waals surface area contributed by atoms with Crippen LogP contribution in [0.4, 0.5) is 0 Å². The van der Waals surface area contributed by atoms with Gasteiger partial charge < -0.3 is 0 Å². The highest BCUT2D eigenvalue weighted by Crippen LogP contribution is 2.27. The SMILES string of the molecule is C.C#CC1(C#C)C=CC(=O)C(C)=C1.C#CC1(C=C)C=CC(=O)C(C#N)=C1. The van der Waals surface area contributed by atoms with E-state index in [0.29, 0.717) is 5.57 Å². The first-order chi connectivity index (χ1) is 11.8. The molecule has 0 fully saturated rings. The Labute approximate surface area is 155 Å². The summed E-state index contributed by atoms with van der Waals surface area (Å²) in [6, 6.07) is 1.79. The van der Waals surface area contributed by atoms with Crippen molar-refractivity contribution >= 4 is 11.6 Å². The second-order valence-corrected chi connectivity index (χ2v) is 5.33. The van der Waals surface area contributed by atoms with E-state index >= 15 is 0 Å². The van der Waals surface area contributed by atoms with Crippen molar-refractivity contribution in [3.8, 4) is 43.1 Å². The van der Waals surface area contributed by atoms with E-state index in [1.165, 1.54) is 24.3 Å². The molecule has 0 saturated carbocycles. The van der Waals surface area contributed by atoms with Crippen LogP contribution in [0, 0.1) is 59.2 Å². The van der Waals surface area contributed by atoms with Gasteiger partial charge in [0, 0.05) is 0 Å². The number of carbonyl (C=O) groups is 2. The molecule has 3 nitrogen and oxygen atoms in total. The maximum atomic E-state index is 11.1. The molecule has 0 aromatic carbocycles. The van der Waals surface area contributed by atoms with Crippen molar-refractivity contribution in [1.29, 1.82) is 5.26 Å². The number of nitriles is 1. The van der Waals surface area contributed by atoms with E-state index in [1.54, 1.807) is 31.2 Å². The maximum Gasteiger partial charge on any atom is 0.195 e. The molecule has 0 saturated heterocycles. The van der Waals surface area contributed by atoms with Crippen LogP contribution < -0.4 is 0 Å². The Morgan fingerprint density at radius 2 is 1.62 bits per heavy atom. The summed E-state index contributed by atoms with van der Waals surface area (Å²) in [4.78, 5) is 22.1. The summed E-state index contributed by atoms with van der Waals surface area (Å²) in [7, 11) is 0. The number of terminal acetylenes is 3. The predicted molar refractivity (Wildman–Crippen MR) is 104 cm³/mol. The Hall–Kier alpha value is -3.79. The van der Waals surface area contributed by atoms with Crippen LogP contribution in [0.5, 0.6) is 0 Å².